The van der Waals surface area contributed by atoms with E-state index in [1.54, 1.807) is 13.8 Å². The van der Waals surface area contributed by atoms with E-state index in [0.29, 0.717) is 15.9 Å². The normalized spacial score (nSPS) is 12.1. The lowest BCUT2D eigenvalue weighted by molar-refractivity contribution is -0.384. The van der Waals surface area contributed by atoms with Crippen molar-refractivity contribution in [1.82, 2.24) is 10.3 Å². The van der Waals surface area contributed by atoms with Gasteiger partial charge in [0.2, 0.25) is 0 Å². The number of ether oxygens (including phenoxy) is 2. The monoisotopic (exact) mass is 649 g/mol. The molecule has 0 aromatic heterocycles. The van der Waals surface area contributed by atoms with E-state index in [2.05, 4.69) is 10.3 Å². The highest BCUT2D eigenvalue weighted by molar-refractivity contribution is 7.96. The molecule has 0 aliphatic heterocycles. The Morgan fingerprint density at radius 2 is 1.20 bits per heavy atom. The molecule has 0 fully saturated rings. The Morgan fingerprint density at radius 1 is 0.756 bits per heavy atom. The van der Waals surface area contributed by atoms with E-state index in [1.165, 1.54) is 0 Å². The van der Waals surface area contributed by atoms with Gasteiger partial charge in [-0.25, -0.2) is 23.4 Å². The molecule has 4 aromatic carbocycles. The number of carbonyl (C=O) groups excluding carboxylic acids is 2. The molecule has 0 bridgehead atoms. The molecule has 234 valence electrons. The average molecular weight is 650 g/mol. The minimum Gasteiger partial charge on any atom is -0.465 e. The summed E-state index contributed by atoms with van der Waals surface area (Å²) in [6.07, 6.45) is 0. The number of nitrogens with zero attached hydrogens (tertiary/aromatic N) is 1. The summed E-state index contributed by atoms with van der Waals surface area (Å²) in [6.45, 7) is -0.145. The number of rotatable bonds is 13. The molecule has 0 heterocycles. The number of esters is 2. The molecular weight excluding hydrogens is 617 g/mol. The predicted molar refractivity (Wildman–Crippen MR) is 174 cm³/mol. The van der Waals surface area contributed by atoms with Crippen LogP contribution in [0.5, 0.6) is 0 Å². The van der Waals surface area contributed by atoms with Crippen LogP contribution in [0, 0.1) is 10.1 Å². The second-order valence-corrected chi connectivity index (χ2v) is 14.5. The van der Waals surface area contributed by atoms with Gasteiger partial charge in [0, 0.05) is 12.1 Å². The van der Waals surface area contributed by atoms with Crippen LogP contribution < -0.4 is 26.2 Å². The molecule has 0 saturated carbocycles. The molecule has 1 atom stereocenters. The van der Waals surface area contributed by atoms with Gasteiger partial charge in [-0.15, -0.1) is 4.83 Å². The second kappa shape index (κ2) is 14.9. The summed E-state index contributed by atoms with van der Waals surface area (Å²) in [5.41, 5.74) is 2.28. The number of nitro benzene ring substituents is 1. The third-order valence-electron chi connectivity index (χ3n) is 6.77. The summed E-state index contributed by atoms with van der Waals surface area (Å²) in [7, 11) is -4.40. The Balaban J connectivity index is 2.06. The van der Waals surface area contributed by atoms with Crippen molar-refractivity contribution in [2.45, 2.75) is 24.8 Å². The number of carbonyl (C=O) groups is 2. The molecule has 45 heavy (non-hydrogen) atoms. The molecule has 11 nitrogen and oxygen atoms in total. The molecular formula is C32H32N3O8PS. The molecule has 0 saturated heterocycles. The quantitative estimate of drug-likeness (QED) is 0.0963. The molecule has 4 aromatic rings. The summed E-state index contributed by atoms with van der Waals surface area (Å²) in [5, 5.41) is 13.2. The average Bonchev–Trinajstić information content (AvgIpc) is 3.06. The van der Waals surface area contributed by atoms with Crippen molar-refractivity contribution in [3.63, 3.8) is 0 Å². The van der Waals surface area contributed by atoms with Gasteiger partial charge < -0.3 is 9.47 Å². The smallest absolute Gasteiger partial charge is 0.337 e. The largest absolute Gasteiger partial charge is 0.465 e. The Hall–Kier alpha value is -4.61. The fourth-order valence-corrected chi connectivity index (χ4v) is 10.2. The fourth-order valence-electron chi connectivity index (χ4n) is 4.88. The van der Waals surface area contributed by atoms with Crippen LogP contribution in [0.15, 0.2) is 120 Å². The minimum absolute atomic E-state index is 0.0230. The first kappa shape index (κ1) is 33.3. The zero-order valence-electron chi connectivity index (χ0n) is 24.5. The van der Waals surface area contributed by atoms with Gasteiger partial charge >= 0.3 is 11.9 Å². The number of hydrazine groups is 1. The molecule has 2 N–H and O–H groups in total. The summed E-state index contributed by atoms with van der Waals surface area (Å²) >= 11 is 0. The van der Waals surface area contributed by atoms with Crippen molar-refractivity contribution in [2.75, 3.05) is 13.2 Å². The van der Waals surface area contributed by atoms with Crippen molar-refractivity contribution >= 4 is 55.7 Å². The maximum absolute atomic E-state index is 14.2. The van der Waals surface area contributed by atoms with Crippen molar-refractivity contribution in [3.8, 4) is 0 Å². The fraction of sp³-hybridized carbons (Fsp3) is 0.156. The van der Waals surface area contributed by atoms with E-state index in [0.717, 1.165) is 24.3 Å². The van der Waals surface area contributed by atoms with Crippen molar-refractivity contribution < 1.29 is 32.4 Å². The van der Waals surface area contributed by atoms with Gasteiger partial charge in [-0.3, -0.25) is 10.1 Å². The number of hydrogen-bond donors (Lipinski definition) is 2. The number of non-ortho nitro benzene ring substituents is 1. The zero-order valence-corrected chi connectivity index (χ0v) is 26.2. The highest BCUT2D eigenvalue weighted by Gasteiger charge is 2.42. The van der Waals surface area contributed by atoms with Crippen LogP contribution in [-0.2, 0) is 29.1 Å². The minimum atomic E-state index is -4.40. The maximum atomic E-state index is 14.2. The first-order chi connectivity index (χ1) is 21.7. The van der Waals surface area contributed by atoms with Crippen molar-refractivity contribution in [3.05, 3.63) is 125 Å². The number of sulfonamides is 1. The third kappa shape index (κ3) is 7.21. The molecule has 0 aliphatic rings. The number of nitro groups is 1. The number of hydrogen-bond acceptors (Lipinski definition) is 9. The van der Waals surface area contributed by atoms with Gasteiger partial charge in [-0.2, -0.15) is 0 Å². The van der Waals surface area contributed by atoms with Crippen LogP contribution in [0.25, 0.3) is 0 Å². The van der Waals surface area contributed by atoms with Crippen LogP contribution >= 0.6 is 6.89 Å². The van der Waals surface area contributed by atoms with Crippen molar-refractivity contribution in [2.24, 2.45) is 0 Å². The van der Waals surface area contributed by atoms with Crippen LogP contribution in [0.4, 0.5) is 5.69 Å². The summed E-state index contributed by atoms with van der Waals surface area (Å²) < 4.78 is 37.7. The number of benzene rings is 4. The first-order valence-electron chi connectivity index (χ1n) is 14.0. The van der Waals surface area contributed by atoms with Crippen LogP contribution in [0.3, 0.4) is 0 Å². The molecule has 0 amide bonds. The molecule has 0 spiro atoms. The zero-order chi connectivity index (χ0) is 32.5. The Morgan fingerprint density at radius 3 is 1.60 bits per heavy atom. The molecule has 1 unspecified atom stereocenters. The van der Waals surface area contributed by atoms with Gasteiger partial charge in [0.05, 0.1) is 28.3 Å². The van der Waals surface area contributed by atoms with Gasteiger partial charge in [-0.1, -0.05) is 91.0 Å². The molecule has 0 aliphatic carbocycles. The maximum Gasteiger partial charge on any atom is 0.337 e. The van der Waals surface area contributed by atoms with Gasteiger partial charge in [0.25, 0.3) is 15.7 Å². The van der Waals surface area contributed by atoms with E-state index in [-0.39, 0.29) is 29.1 Å². The molecule has 4 rings (SSSR count). The van der Waals surface area contributed by atoms with Crippen LogP contribution in [-0.4, -0.2) is 49.8 Å². The van der Waals surface area contributed by atoms with E-state index in [4.69, 9.17) is 9.47 Å². The summed E-state index contributed by atoms with van der Waals surface area (Å²) in [4.78, 5) is 40.4. The summed E-state index contributed by atoms with van der Waals surface area (Å²) in [5.74, 6) is -1.73. The van der Waals surface area contributed by atoms with E-state index in [1.807, 2.05) is 91.0 Å². The lowest BCUT2D eigenvalue weighted by Gasteiger charge is -2.34. The van der Waals surface area contributed by atoms with Gasteiger partial charge in [0.15, 0.2) is 6.04 Å². The molecule has 0 radical (unpaired) electrons. The van der Waals surface area contributed by atoms with Gasteiger partial charge in [0.1, 0.15) is 0 Å². The van der Waals surface area contributed by atoms with Crippen LogP contribution in [0.2, 0.25) is 0 Å². The van der Waals surface area contributed by atoms with E-state index >= 15 is 0 Å². The highest BCUT2D eigenvalue weighted by atomic mass is 32.2. The topological polar surface area (TPSA) is 154 Å². The number of nitrogens with one attached hydrogen (secondary N) is 2. The predicted octanol–water partition coefficient (Wildman–Crippen LogP) is 3.04. The second-order valence-electron chi connectivity index (χ2n) is 9.47. The van der Waals surface area contributed by atoms with E-state index in [9.17, 15) is 28.1 Å². The van der Waals surface area contributed by atoms with Crippen LogP contribution in [0.1, 0.15) is 13.8 Å². The lowest BCUT2D eigenvalue weighted by atomic mass is 10.2. The third-order valence-corrected chi connectivity index (χ3v) is 12.4. The highest BCUT2D eigenvalue weighted by Crippen LogP contribution is 2.47. The standard InChI is InChI=1S/C32H32N3O8PS/c1-3-42-31(36)29(33-34-45(40,41)28-22-20-24(21-23-28)35(38)39)30(32(37)43-4-2)44(25-14-8-5-9-15-25,26-16-10-6-11-17-26)27-18-12-7-13-19-27/h5-23,29,33-34H,3-4H2,1-2H3. The summed E-state index contributed by atoms with van der Waals surface area (Å²) in [6, 6.07) is 30.1. The van der Waals surface area contributed by atoms with Crippen molar-refractivity contribution in [1.29, 1.82) is 0 Å². The Labute approximate surface area is 261 Å². The Bertz CT molecular complexity index is 1700. The van der Waals surface area contributed by atoms with Gasteiger partial charge in [-0.05, 0) is 48.8 Å². The SMILES string of the molecule is CCOC(=O)C(C(NNS(=O)(=O)c1ccc([N+](=O)[O-])cc1)C(=O)OCC)=P(c1ccccc1)(c1ccccc1)c1ccccc1. The lowest BCUT2D eigenvalue weighted by Crippen LogP contribution is -2.56. The van der Waals surface area contributed by atoms with E-state index < -0.39 is 39.8 Å². The first-order valence-corrected chi connectivity index (χ1v) is 17.2. The molecule has 13 heteroatoms. The Kier molecular flexibility index (Phi) is 11.0.